The van der Waals surface area contributed by atoms with Crippen LogP contribution in [0.25, 0.3) is 22.2 Å². The van der Waals surface area contributed by atoms with Gasteiger partial charge in [-0.3, -0.25) is 19.1 Å². The summed E-state index contributed by atoms with van der Waals surface area (Å²) in [7, 11) is 1.50. The third-order valence-electron chi connectivity index (χ3n) is 7.24. The Hall–Kier alpha value is -5.40. The summed E-state index contributed by atoms with van der Waals surface area (Å²) in [5.74, 6) is -4.98. The van der Waals surface area contributed by atoms with Crippen molar-refractivity contribution in [1.29, 1.82) is 0 Å². The molecule has 0 unspecified atom stereocenters. The molecule has 5 aromatic rings. The Morgan fingerprint density at radius 1 is 1.09 bits per heavy atom. The predicted octanol–water partition coefficient (Wildman–Crippen LogP) is 2.65. The van der Waals surface area contributed by atoms with Crippen molar-refractivity contribution in [2.75, 3.05) is 5.32 Å². The van der Waals surface area contributed by atoms with Crippen LogP contribution >= 0.6 is 0 Å². The monoisotopic (exact) mass is 591 g/mol. The summed E-state index contributed by atoms with van der Waals surface area (Å²) in [6, 6.07) is 4.70. The van der Waals surface area contributed by atoms with Gasteiger partial charge in [-0.25, -0.2) is 27.9 Å². The first-order valence-electron chi connectivity index (χ1n) is 13.3. The third kappa shape index (κ3) is 5.34. The molecule has 0 fully saturated rings. The number of imidazole rings is 1. The molecule has 0 aliphatic carbocycles. The highest BCUT2D eigenvalue weighted by atomic mass is 19.1. The van der Waals surface area contributed by atoms with Gasteiger partial charge < -0.3 is 20.1 Å². The van der Waals surface area contributed by atoms with Gasteiger partial charge in [0.25, 0.3) is 11.5 Å². The van der Waals surface area contributed by atoms with Crippen LogP contribution in [0.15, 0.2) is 64.7 Å². The van der Waals surface area contributed by atoms with Gasteiger partial charge in [-0.2, -0.15) is 0 Å². The molecule has 3 N–H and O–H groups in total. The lowest BCUT2D eigenvalue weighted by molar-refractivity contribution is -0.139. The maximum atomic E-state index is 14.8. The van der Waals surface area contributed by atoms with Gasteiger partial charge >= 0.3 is 11.7 Å². The van der Waals surface area contributed by atoms with E-state index in [9.17, 15) is 33.1 Å². The number of aliphatic carboxylic acids is 1. The molecule has 2 atom stereocenters. The van der Waals surface area contributed by atoms with Crippen molar-refractivity contribution in [3.8, 4) is 5.69 Å². The van der Waals surface area contributed by atoms with E-state index in [1.165, 1.54) is 59.0 Å². The topological polar surface area (TPSA) is 153 Å². The minimum Gasteiger partial charge on any atom is -0.480 e. The van der Waals surface area contributed by atoms with Crippen molar-refractivity contribution in [2.24, 2.45) is 7.05 Å². The number of carbonyl (C=O) groups excluding carboxylic acids is 1. The summed E-state index contributed by atoms with van der Waals surface area (Å²) in [5.41, 5.74) is -1.02. The van der Waals surface area contributed by atoms with Crippen LogP contribution in [0, 0.1) is 11.6 Å². The summed E-state index contributed by atoms with van der Waals surface area (Å²) in [5, 5.41) is 15.2. The molecule has 222 valence electrons. The van der Waals surface area contributed by atoms with Gasteiger partial charge in [0.2, 0.25) is 0 Å². The molecular formula is C29H27F2N7O5. The zero-order valence-corrected chi connectivity index (χ0v) is 23.3. The molecule has 1 amide bonds. The number of fused-ring (bicyclic) bond motifs is 2. The van der Waals surface area contributed by atoms with E-state index in [0.717, 1.165) is 16.7 Å². The summed E-state index contributed by atoms with van der Waals surface area (Å²) >= 11 is 0. The minimum atomic E-state index is -1.59. The van der Waals surface area contributed by atoms with Gasteiger partial charge in [-0.05, 0) is 43.7 Å². The number of halogens is 2. The number of amides is 1. The molecule has 43 heavy (non-hydrogen) atoms. The lowest BCUT2D eigenvalue weighted by Gasteiger charge is -2.18. The predicted molar refractivity (Wildman–Crippen MR) is 154 cm³/mol. The number of carboxylic acids is 1. The number of rotatable bonds is 9. The number of hydrogen-bond donors (Lipinski definition) is 3. The third-order valence-corrected chi connectivity index (χ3v) is 7.24. The van der Waals surface area contributed by atoms with Gasteiger partial charge in [-0.15, -0.1) is 0 Å². The Morgan fingerprint density at radius 3 is 2.49 bits per heavy atom. The number of aromatic nitrogens is 5. The average Bonchev–Trinajstić information content (AvgIpc) is 3.47. The zero-order chi connectivity index (χ0) is 31.0. The van der Waals surface area contributed by atoms with Crippen LogP contribution in [0.4, 0.5) is 14.5 Å². The van der Waals surface area contributed by atoms with E-state index in [-0.39, 0.29) is 34.9 Å². The van der Waals surface area contributed by atoms with Crippen LogP contribution in [0.3, 0.4) is 0 Å². The summed E-state index contributed by atoms with van der Waals surface area (Å²) in [6.45, 7) is 3.72. The minimum absolute atomic E-state index is 0.0681. The Morgan fingerprint density at radius 2 is 1.81 bits per heavy atom. The molecule has 0 spiro atoms. The van der Waals surface area contributed by atoms with E-state index in [1.807, 2.05) is 13.8 Å². The highest BCUT2D eigenvalue weighted by Crippen LogP contribution is 2.21. The Labute approximate surface area is 242 Å². The fraction of sp³-hybridized carbons (Fsp3) is 0.241. The van der Waals surface area contributed by atoms with Crippen LogP contribution in [0.5, 0.6) is 0 Å². The molecular weight excluding hydrogens is 564 g/mol. The summed E-state index contributed by atoms with van der Waals surface area (Å²) in [4.78, 5) is 59.8. The highest BCUT2D eigenvalue weighted by Gasteiger charge is 2.27. The Bertz CT molecular complexity index is 1990. The van der Waals surface area contributed by atoms with Gasteiger partial charge in [-0.1, -0.05) is 6.92 Å². The summed E-state index contributed by atoms with van der Waals surface area (Å²) in [6.07, 6.45) is 6.12. The first-order valence-corrected chi connectivity index (χ1v) is 13.3. The number of aryl methyl sites for hydroxylation is 1. The molecule has 0 aliphatic rings. The molecule has 14 heteroatoms. The van der Waals surface area contributed by atoms with Crippen molar-refractivity contribution in [3.05, 3.63) is 98.8 Å². The Balaban J connectivity index is 1.48. The lowest BCUT2D eigenvalue weighted by atomic mass is 10.1. The highest BCUT2D eigenvalue weighted by molar-refractivity contribution is 5.97. The normalized spacial score (nSPS) is 12.8. The van der Waals surface area contributed by atoms with Gasteiger partial charge in [0, 0.05) is 49.5 Å². The molecule has 0 saturated heterocycles. The van der Waals surface area contributed by atoms with Crippen molar-refractivity contribution < 1.29 is 23.5 Å². The van der Waals surface area contributed by atoms with Crippen molar-refractivity contribution in [3.63, 3.8) is 0 Å². The molecule has 0 radical (unpaired) electrons. The van der Waals surface area contributed by atoms with Crippen LogP contribution in [-0.2, 0) is 18.3 Å². The molecule has 0 aliphatic heterocycles. The number of carbonyl (C=O) groups is 2. The van der Waals surface area contributed by atoms with E-state index >= 15 is 0 Å². The second-order valence-electron chi connectivity index (χ2n) is 10.0. The number of carboxylic acid groups (broad SMARTS) is 1. The van der Waals surface area contributed by atoms with E-state index < -0.39 is 46.4 Å². The molecule has 4 aromatic heterocycles. The smallest absolute Gasteiger partial charge is 0.336 e. The van der Waals surface area contributed by atoms with Crippen molar-refractivity contribution in [1.82, 2.24) is 28.8 Å². The number of anilines is 1. The average molecular weight is 592 g/mol. The van der Waals surface area contributed by atoms with Crippen LogP contribution in [-0.4, -0.2) is 52.6 Å². The van der Waals surface area contributed by atoms with Gasteiger partial charge in [0.15, 0.2) is 5.65 Å². The summed E-state index contributed by atoms with van der Waals surface area (Å²) < 4.78 is 33.3. The van der Waals surface area contributed by atoms with E-state index in [1.54, 1.807) is 0 Å². The number of nitrogens with zero attached hydrogens (tertiary/aromatic N) is 5. The number of nitrogens with one attached hydrogen (secondary N) is 2. The molecule has 0 saturated carbocycles. The largest absolute Gasteiger partial charge is 0.480 e. The molecule has 12 nitrogen and oxygen atoms in total. The van der Waals surface area contributed by atoms with Crippen molar-refractivity contribution in [2.45, 2.75) is 38.8 Å². The number of benzene rings is 1. The van der Waals surface area contributed by atoms with Gasteiger partial charge in [0.05, 0.1) is 22.8 Å². The lowest BCUT2D eigenvalue weighted by Crippen LogP contribution is -2.43. The van der Waals surface area contributed by atoms with Crippen LogP contribution < -0.4 is 21.9 Å². The standard InChI is InChI=1S/C29H27F2N7O5/c1-4-15(2)34-16-11-19(30)24(20(31)12-16)26(39)35-21(28(41)42)13-17-5-6-22(25-33-9-10-37(17)25)38-27(40)18-7-8-32-14-23(18)36(3)29(38)43/h5-12,14-15,21,34H,4,13H2,1-3H3,(H,35,39)(H,41,42)/t15-,21-/m0/s1. The molecule has 1 aromatic carbocycles. The molecule has 5 rings (SSSR count). The maximum absolute atomic E-state index is 14.8. The van der Waals surface area contributed by atoms with E-state index in [4.69, 9.17) is 0 Å². The van der Waals surface area contributed by atoms with Gasteiger partial charge in [0.1, 0.15) is 23.2 Å². The first kappa shape index (κ1) is 29.1. The number of pyridine rings is 2. The number of hydrogen-bond acceptors (Lipinski definition) is 7. The van der Waals surface area contributed by atoms with E-state index in [2.05, 4.69) is 20.6 Å². The second-order valence-corrected chi connectivity index (χ2v) is 10.0. The quantitative estimate of drug-likeness (QED) is 0.237. The first-order chi connectivity index (χ1) is 20.5. The molecule has 4 heterocycles. The fourth-order valence-electron chi connectivity index (χ4n) is 4.80. The van der Waals surface area contributed by atoms with Crippen LogP contribution in [0.2, 0.25) is 0 Å². The second kappa shape index (κ2) is 11.5. The zero-order valence-electron chi connectivity index (χ0n) is 23.3. The maximum Gasteiger partial charge on any atom is 0.336 e. The van der Waals surface area contributed by atoms with Crippen molar-refractivity contribution >= 4 is 34.1 Å². The fourth-order valence-corrected chi connectivity index (χ4v) is 4.80. The Kier molecular flexibility index (Phi) is 7.76. The molecule has 0 bridgehead atoms. The van der Waals surface area contributed by atoms with E-state index in [0.29, 0.717) is 17.6 Å². The SMILES string of the molecule is CC[C@H](C)Nc1cc(F)c(C(=O)N[C@@H](Cc2ccc(-n3c(=O)c4ccncc4n(C)c3=O)c3nccn23)C(=O)O)c(F)c1. The van der Waals surface area contributed by atoms with Crippen LogP contribution in [0.1, 0.15) is 36.3 Å².